The van der Waals surface area contributed by atoms with Crippen LogP contribution in [0.4, 0.5) is 4.79 Å². The van der Waals surface area contributed by atoms with Crippen molar-refractivity contribution in [1.29, 1.82) is 0 Å². The van der Waals surface area contributed by atoms with E-state index in [0.717, 1.165) is 16.5 Å². The molecule has 4 heteroatoms. The minimum atomic E-state index is -0.342. The van der Waals surface area contributed by atoms with Gasteiger partial charge in [0.1, 0.15) is 6.61 Å². The largest absolute Gasteiger partial charge is 0.447 e. The number of aromatic nitrogens is 1. The normalized spacial score (nSPS) is 20.3. The first kappa shape index (κ1) is 8.35. The van der Waals surface area contributed by atoms with Crippen molar-refractivity contribution in [3.8, 4) is 0 Å². The van der Waals surface area contributed by atoms with Gasteiger partial charge in [0.2, 0.25) is 0 Å². The third kappa shape index (κ3) is 1.26. The van der Waals surface area contributed by atoms with E-state index in [1.165, 1.54) is 0 Å². The number of para-hydroxylation sites is 1. The van der Waals surface area contributed by atoms with Crippen LogP contribution >= 0.6 is 0 Å². The molecule has 1 atom stereocenters. The van der Waals surface area contributed by atoms with Gasteiger partial charge in [0.25, 0.3) is 0 Å². The Labute approximate surface area is 86.2 Å². The second-order valence-corrected chi connectivity index (χ2v) is 3.58. The average Bonchev–Trinajstić information content (AvgIpc) is 2.83. The summed E-state index contributed by atoms with van der Waals surface area (Å²) in [5.41, 5.74) is 2.16. The van der Waals surface area contributed by atoms with Crippen LogP contribution in [-0.2, 0) is 4.74 Å². The third-order valence-electron chi connectivity index (χ3n) is 2.67. The van der Waals surface area contributed by atoms with Gasteiger partial charge >= 0.3 is 6.09 Å². The molecule has 0 aliphatic carbocycles. The highest BCUT2D eigenvalue weighted by Crippen LogP contribution is 2.26. The van der Waals surface area contributed by atoms with E-state index in [0.29, 0.717) is 6.61 Å². The SMILES string of the molecule is O=C1N[C@H](c2c[nH]c3ccccc23)CO1. The van der Waals surface area contributed by atoms with E-state index in [1.807, 2.05) is 30.5 Å². The lowest BCUT2D eigenvalue weighted by molar-refractivity contribution is 0.177. The second-order valence-electron chi connectivity index (χ2n) is 3.58. The van der Waals surface area contributed by atoms with Gasteiger partial charge < -0.3 is 15.0 Å². The maximum absolute atomic E-state index is 10.9. The van der Waals surface area contributed by atoms with Gasteiger partial charge in [0.05, 0.1) is 6.04 Å². The van der Waals surface area contributed by atoms with Gasteiger partial charge in [-0.25, -0.2) is 4.79 Å². The number of fused-ring (bicyclic) bond motifs is 1. The van der Waals surface area contributed by atoms with Gasteiger partial charge in [-0.2, -0.15) is 0 Å². The number of rotatable bonds is 1. The van der Waals surface area contributed by atoms with Gasteiger partial charge in [-0.3, -0.25) is 0 Å². The lowest BCUT2D eigenvalue weighted by Gasteiger charge is -2.04. The Morgan fingerprint density at radius 1 is 1.33 bits per heavy atom. The van der Waals surface area contributed by atoms with Crippen LogP contribution in [-0.4, -0.2) is 17.7 Å². The lowest BCUT2D eigenvalue weighted by Crippen LogP contribution is -2.17. The number of carbonyl (C=O) groups is 1. The highest BCUT2D eigenvalue weighted by molar-refractivity contribution is 5.84. The molecule has 1 aliphatic heterocycles. The Hall–Kier alpha value is -1.97. The number of amides is 1. The van der Waals surface area contributed by atoms with Crippen molar-refractivity contribution < 1.29 is 9.53 Å². The Kier molecular flexibility index (Phi) is 1.68. The number of ether oxygens (including phenoxy) is 1. The minimum absolute atomic E-state index is 0.0337. The van der Waals surface area contributed by atoms with E-state index in [-0.39, 0.29) is 12.1 Å². The van der Waals surface area contributed by atoms with Crippen LogP contribution in [0.2, 0.25) is 0 Å². The van der Waals surface area contributed by atoms with Crippen molar-refractivity contribution in [3.05, 3.63) is 36.0 Å². The highest BCUT2D eigenvalue weighted by atomic mass is 16.6. The van der Waals surface area contributed by atoms with Gasteiger partial charge in [-0.05, 0) is 6.07 Å². The molecule has 1 aromatic heterocycles. The molecular weight excluding hydrogens is 192 g/mol. The van der Waals surface area contributed by atoms with Gasteiger partial charge in [-0.15, -0.1) is 0 Å². The number of alkyl carbamates (subject to hydrolysis) is 1. The van der Waals surface area contributed by atoms with Crippen molar-refractivity contribution in [3.63, 3.8) is 0 Å². The molecule has 4 nitrogen and oxygen atoms in total. The summed E-state index contributed by atoms with van der Waals surface area (Å²) in [6, 6.07) is 7.97. The quantitative estimate of drug-likeness (QED) is 0.742. The maximum Gasteiger partial charge on any atom is 0.407 e. The zero-order valence-corrected chi connectivity index (χ0v) is 7.99. The molecule has 1 saturated heterocycles. The van der Waals surface area contributed by atoms with E-state index in [4.69, 9.17) is 4.74 Å². The molecule has 0 unspecified atom stereocenters. The fourth-order valence-corrected chi connectivity index (χ4v) is 1.93. The molecule has 1 aromatic carbocycles. The summed E-state index contributed by atoms with van der Waals surface area (Å²) in [4.78, 5) is 14.1. The molecule has 2 heterocycles. The summed E-state index contributed by atoms with van der Waals surface area (Å²) in [5.74, 6) is 0. The Morgan fingerprint density at radius 3 is 3.00 bits per heavy atom. The van der Waals surface area contributed by atoms with Crippen LogP contribution < -0.4 is 5.32 Å². The smallest absolute Gasteiger partial charge is 0.407 e. The third-order valence-corrected chi connectivity index (χ3v) is 2.67. The van der Waals surface area contributed by atoms with Crippen molar-refractivity contribution >= 4 is 17.0 Å². The first-order valence-corrected chi connectivity index (χ1v) is 4.84. The van der Waals surface area contributed by atoms with Crippen LogP contribution in [0.1, 0.15) is 11.6 Å². The summed E-state index contributed by atoms with van der Waals surface area (Å²) >= 11 is 0. The van der Waals surface area contributed by atoms with E-state index in [1.54, 1.807) is 0 Å². The predicted octanol–water partition coefficient (Wildman–Crippen LogP) is 1.95. The molecule has 0 spiro atoms. The van der Waals surface area contributed by atoms with Crippen LogP contribution in [0.5, 0.6) is 0 Å². The fraction of sp³-hybridized carbons (Fsp3) is 0.182. The van der Waals surface area contributed by atoms with Crippen molar-refractivity contribution in [2.24, 2.45) is 0 Å². The molecule has 0 bridgehead atoms. The molecule has 0 radical (unpaired) electrons. The molecule has 15 heavy (non-hydrogen) atoms. The van der Waals surface area contributed by atoms with Gasteiger partial charge in [0.15, 0.2) is 0 Å². The lowest BCUT2D eigenvalue weighted by atomic mass is 10.1. The number of H-pyrrole nitrogens is 1. The molecule has 2 aromatic rings. The summed E-state index contributed by atoms with van der Waals surface area (Å²) in [5, 5.41) is 3.90. The number of cyclic esters (lactones) is 1. The molecule has 3 rings (SSSR count). The molecule has 1 amide bonds. The fourth-order valence-electron chi connectivity index (χ4n) is 1.93. The number of carbonyl (C=O) groups excluding carboxylic acids is 1. The van der Waals surface area contributed by atoms with E-state index >= 15 is 0 Å². The Morgan fingerprint density at radius 2 is 2.20 bits per heavy atom. The van der Waals surface area contributed by atoms with Crippen LogP contribution in [0, 0.1) is 0 Å². The summed E-state index contributed by atoms with van der Waals surface area (Å²) in [6.07, 6.45) is 1.58. The highest BCUT2D eigenvalue weighted by Gasteiger charge is 2.25. The van der Waals surface area contributed by atoms with E-state index in [2.05, 4.69) is 10.3 Å². The Balaban J connectivity index is 2.07. The van der Waals surface area contributed by atoms with Gasteiger partial charge in [0, 0.05) is 22.7 Å². The molecule has 2 N–H and O–H groups in total. The van der Waals surface area contributed by atoms with Gasteiger partial charge in [-0.1, -0.05) is 18.2 Å². The first-order valence-electron chi connectivity index (χ1n) is 4.84. The molecule has 0 saturated carbocycles. The van der Waals surface area contributed by atoms with Crippen LogP contribution in [0.3, 0.4) is 0 Å². The van der Waals surface area contributed by atoms with E-state index in [9.17, 15) is 4.79 Å². The molecule has 1 aliphatic rings. The Bertz CT molecular complexity index is 518. The van der Waals surface area contributed by atoms with Crippen molar-refractivity contribution in [1.82, 2.24) is 10.3 Å². The average molecular weight is 202 g/mol. The molecular formula is C11H10N2O2. The zero-order chi connectivity index (χ0) is 10.3. The monoisotopic (exact) mass is 202 g/mol. The number of hydrogen-bond acceptors (Lipinski definition) is 2. The molecule has 1 fully saturated rings. The maximum atomic E-state index is 10.9. The first-order chi connectivity index (χ1) is 7.34. The van der Waals surface area contributed by atoms with Crippen molar-refractivity contribution in [2.75, 3.05) is 6.61 Å². The number of benzene rings is 1. The standard InChI is InChI=1S/C11H10N2O2/c14-11-13-10(6-15-11)8-5-12-9-4-2-1-3-7(8)9/h1-5,10,12H,6H2,(H,13,14)/t10-/m0/s1. The van der Waals surface area contributed by atoms with Crippen LogP contribution in [0.25, 0.3) is 10.9 Å². The second kappa shape index (κ2) is 3.02. The van der Waals surface area contributed by atoms with Crippen molar-refractivity contribution in [2.45, 2.75) is 6.04 Å². The molecule has 76 valence electrons. The van der Waals surface area contributed by atoms with E-state index < -0.39 is 0 Å². The minimum Gasteiger partial charge on any atom is -0.447 e. The number of hydrogen-bond donors (Lipinski definition) is 2. The summed E-state index contributed by atoms with van der Waals surface area (Å²) in [7, 11) is 0. The summed E-state index contributed by atoms with van der Waals surface area (Å²) in [6.45, 7) is 0.403. The summed E-state index contributed by atoms with van der Waals surface area (Å²) < 4.78 is 4.87. The van der Waals surface area contributed by atoms with Crippen LogP contribution in [0.15, 0.2) is 30.5 Å². The number of aromatic amines is 1. The topological polar surface area (TPSA) is 54.1 Å². The number of nitrogens with one attached hydrogen (secondary N) is 2. The predicted molar refractivity (Wildman–Crippen MR) is 55.5 cm³/mol. The zero-order valence-electron chi connectivity index (χ0n) is 7.99.